The first-order valence-corrected chi connectivity index (χ1v) is 8.22. The molecule has 0 radical (unpaired) electrons. The van der Waals surface area contributed by atoms with Gasteiger partial charge in [-0.05, 0) is 43.5 Å². The zero-order valence-corrected chi connectivity index (χ0v) is 13.8. The number of piperidine rings is 1. The van der Waals surface area contributed by atoms with Crippen molar-refractivity contribution in [2.45, 2.75) is 32.2 Å². The van der Waals surface area contributed by atoms with Crippen LogP contribution in [0.1, 0.15) is 25.3 Å². The number of carbonyl (C=O) groups is 2. The fourth-order valence-corrected chi connectivity index (χ4v) is 3.15. The van der Waals surface area contributed by atoms with E-state index < -0.39 is 0 Å². The zero-order chi connectivity index (χ0) is 17.1. The van der Waals surface area contributed by atoms with Crippen molar-refractivity contribution in [2.24, 2.45) is 11.7 Å². The molecule has 1 aromatic carbocycles. The molecule has 0 aliphatic carbocycles. The second-order valence-electron chi connectivity index (χ2n) is 6.37. The van der Waals surface area contributed by atoms with E-state index in [2.05, 4.69) is 5.10 Å². The quantitative estimate of drug-likeness (QED) is 0.925. The summed E-state index contributed by atoms with van der Waals surface area (Å²) in [7, 11) is 0. The van der Waals surface area contributed by atoms with Gasteiger partial charge in [0.1, 0.15) is 0 Å². The number of primary amides is 1. The van der Waals surface area contributed by atoms with Crippen molar-refractivity contribution in [3.8, 4) is 5.69 Å². The van der Waals surface area contributed by atoms with Crippen molar-refractivity contribution < 1.29 is 9.59 Å². The standard InChI is InChI=1S/C18H22N4O2/c1-13-3-6-15(18(19)24)12-21(13)17(23)11-14-4-7-16(8-5-14)22-10-2-9-20-22/h2,4-5,7-10,13,15H,3,6,11-12H2,1H3,(H2,19,24)/t13-,15+/m0/s1. The molecule has 6 nitrogen and oxygen atoms in total. The third-order valence-electron chi connectivity index (χ3n) is 4.67. The Morgan fingerprint density at radius 1 is 1.25 bits per heavy atom. The van der Waals surface area contributed by atoms with Gasteiger partial charge in [0.05, 0.1) is 18.0 Å². The number of hydrogen-bond donors (Lipinski definition) is 1. The Hall–Kier alpha value is -2.63. The fourth-order valence-electron chi connectivity index (χ4n) is 3.15. The first-order valence-electron chi connectivity index (χ1n) is 8.22. The van der Waals surface area contributed by atoms with Gasteiger partial charge in [-0.2, -0.15) is 5.10 Å². The van der Waals surface area contributed by atoms with Crippen LogP contribution in [0.3, 0.4) is 0 Å². The van der Waals surface area contributed by atoms with Gasteiger partial charge in [0.15, 0.2) is 0 Å². The molecule has 2 amide bonds. The zero-order valence-electron chi connectivity index (χ0n) is 13.8. The Morgan fingerprint density at radius 2 is 2.00 bits per heavy atom. The third kappa shape index (κ3) is 3.48. The molecule has 126 valence electrons. The summed E-state index contributed by atoms with van der Waals surface area (Å²) in [4.78, 5) is 25.8. The van der Waals surface area contributed by atoms with E-state index >= 15 is 0 Å². The van der Waals surface area contributed by atoms with E-state index in [4.69, 9.17) is 5.73 Å². The van der Waals surface area contributed by atoms with Gasteiger partial charge in [-0.25, -0.2) is 4.68 Å². The minimum Gasteiger partial charge on any atom is -0.369 e. The van der Waals surface area contributed by atoms with E-state index in [0.29, 0.717) is 13.0 Å². The van der Waals surface area contributed by atoms with Crippen LogP contribution >= 0.6 is 0 Å². The molecule has 2 heterocycles. The molecule has 1 aliphatic heterocycles. The van der Waals surface area contributed by atoms with Gasteiger partial charge in [-0.3, -0.25) is 9.59 Å². The van der Waals surface area contributed by atoms with Gasteiger partial charge in [0.2, 0.25) is 11.8 Å². The highest BCUT2D eigenvalue weighted by Crippen LogP contribution is 2.22. The van der Waals surface area contributed by atoms with Crippen LogP contribution in [0, 0.1) is 5.92 Å². The second kappa shape index (κ2) is 6.86. The molecule has 0 bridgehead atoms. The molecule has 2 N–H and O–H groups in total. The Balaban J connectivity index is 1.66. The molecule has 3 rings (SSSR count). The maximum Gasteiger partial charge on any atom is 0.227 e. The molecule has 1 fully saturated rings. The Labute approximate surface area is 141 Å². The van der Waals surface area contributed by atoms with E-state index in [0.717, 1.165) is 24.1 Å². The van der Waals surface area contributed by atoms with Gasteiger partial charge in [-0.1, -0.05) is 12.1 Å². The number of likely N-dealkylation sites (tertiary alicyclic amines) is 1. The minimum absolute atomic E-state index is 0.0419. The van der Waals surface area contributed by atoms with Crippen LogP contribution < -0.4 is 5.73 Å². The lowest BCUT2D eigenvalue weighted by Crippen LogP contribution is -2.49. The first-order chi connectivity index (χ1) is 11.5. The lowest BCUT2D eigenvalue weighted by molar-refractivity contribution is -0.136. The summed E-state index contributed by atoms with van der Waals surface area (Å²) < 4.78 is 1.77. The summed E-state index contributed by atoms with van der Waals surface area (Å²) in [5.74, 6) is -0.504. The van der Waals surface area contributed by atoms with Crippen molar-refractivity contribution in [3.05, 3.63) is 48.3 Å². The van der Waals surface area contributed by atoms with Gasteiger partial charge in [0, 0.05) is 25.0 Å². The number of rotatable bonds is 4. The summed E-state index contributed by atoms with van der Waals surface area (Å²) in [6.07, 6.45) is 5.51. The number of hydrogen-bond acceptors (Lipinski definition) is 3. The van der Waals surface area contributed by atoms with Crippen LogP contribution in [0.25, 0.3) is 5.69 Å². The van der Waals surface area contributed by atoms with Gasteiger partial charge in [0.25, 0.3) is 0 Å². The maximum atomic E-state index is 12.6. The van der Waals surface area contributed by atoms with Crippen LogP contribution in [-0.2, 0) is 16.0 Å². The number of amides is 2. The SMILES string of the molecule is C[C@H]1CC[C@@H](C(N)=O)CN1C(=O)Cc1ccc(-n2cccn2)cc1. The highest BCUT2D eigenvalue weighted by molar-refractivity contribution is 5.81. The molecular formula is C18H22N4O2. The topological polar surface area (TPSA) is 81.2 Å². The highest BCUT2D eigenvalue weighted by Gasteiger charge is 2.31. The first kappa shape index (κ1) is 16.2. The molecule has 1 saturated heterocycles. The average molecular weight is 326 g/mol. The third-order valence-corrected chi connectivity index (χ3v) is 4.67. The van der Waals surface area contributed by atoms with Crippen molar-refractivity contribution in [2.75, 3.05) is 6.54 Å². The Bertz CT molecular complexity index is 709. The van der Waals surface area contributed by atoms with Gasteiger partial charge in [-0.15, -0.1) is 0 Å². The van der Waals surface area contributed by atoms with Crippen molar-refractivity contribution in [3.63, 3.8) is 0 Å². The summed E-state index contributed by atoms with van der Waals surface area (Å²) in [5, 5.41) is 4.18. The van der Waals surface area contributed by atoms with Crippen molar-refractivity contribution >= 4 is 11.8 Å². The summed E-state index contributed by atoms with van der Waals surface area (Å²) in [5.41, 5.74) is 7.31. The van der Waals surface area contributed by atoms with Gasteiger partial charge >= 0.3 is 0 Å². The largest absolute Gasteiger partial charge is 0.369 e. The maximum absolute atomic E-state index is 12.6. The predicted octanol–water partition coefficient (Wildman–Crippen LogP) is 1.53. The smallest absolute Gasteiger partial charge is 0.227 e. The Morgan fingerprint density at radius 3 is 2.62 bits per heavy atom. The van der Waals surface area contributed by atoms with Gasteiger partial charge < -0.3 is 10.6 Å². The van der Waals surface area contributed by atoms with Crippen LogP contribution in [0.4, 0.5) is 0 Å². The molecular weight excluding hydrogens is 304 g/mol. The number of aromatic nitrogens is 2. The van der Waals surface area contributed by atoms with E-state index in [1.165, 1.54) is 0 Å². The lowest BCUT2D eigenvalue weighted by atomic mass is 9.92. The monoisotopic (exact) mass is 326 g/mol. The van der Waals surface area contributed by atoms with Crippen LogP contribution in [-0.4, -0.2) is 39.1 Å². The van der Waals surface area contributed by atoms with Crippen molar-refractivity contribution in [1.29, 1.82) is 0 Å². The number of carbonyl (C=O) groups excluding carboxylic acids is 2. The molecule has 1 aromatic heterocycles. The second-order valence-corrected chi connectivity index (χ2v) is 6.37. The molecule has 2 aromatic rings. The normalized spacial score (nSPS) is 20.8. The molecule has 1 aliphatic rings. The average Bonchev–Trinajstić information content (AvgIpc) is 3.10. The van der Waals surface area contributed by atoms with Crippen molar-refractivity contribution in [1.82, 2.24) is 14.7 Å². The molecule has 6 heteroatoms. The highest BCUT2D eigenvalue weighted by atomic mass is 16.2. The molecule has 0 saturated carbocycles. The van der Waals surface area contributed by atoms with E-state index in [-0.39, 0.29) is 23.8 Å². The van der Waals surface area contributed by atoms with Crippen LogP contribution in [0.5, 0.6) is 0 Å². The molecule has 24 heavy (non-hydrogen) atoms. The fraction of sp³-hybridized carbons (Fsp3) is 0.389. The van der Waals surface area contributed by atoms with Crippen LogP contribution in [0.15, 0.2) is 42.7 Å². The lowest BCUT2D eigenvalue weighted by Gasteiger charge is -2.37. The summed E-state index contributed by atoms with van der Waals surface area (Å²) >= 11 is 0. The summed E-state index contributed by atoms with van der Waals surface area (Å²) in [6.45, 7) is 2.45. The Kier molecular flexibility index (Phi) is 4.64. The van der Waals surface area contributed by atoms with E-state index in [1.807, 2.05) is 43.5 Å². The summed E-state index contributed by atoms with van der Waals surface area (Å²) in [6, 6.07) is 9.79. The van der Waals surface area contributed by atoms with E-state index in [1.54, 1.807) is 15.8 Å². The molecule has 0 spiro atoms. The van der Waals surface area contributed by atoms with Crippen LogP contribution in [0.2, 0.25) is 0 Å². The predicted molar refractivity (Wildman–Crippen MR) is 90.4 cm³/mol. The number of nitrogens with zero attached hydrogens (tertiary/aromatic N) is 3. The number of nitrogens with two attached hydrogens (primary N) is 1. The van der Waals surface area contributed by atoms with E-state index in [9.17, 15) is 9.59 Å². The number of benzene rings is 1. The molecule has 0 unspecified atom stereocenters. The molecule has 2 atom stereocenters. The minimum atomic E-state index is -0.316.